The minimum absolute atomic E-state index is 0. The van der Waals surface area contributed by atoms with E-state index in [1.54, 1.807) is 113 Å². The molecule has 2 unspecified atom stereocenters. The third-order valence-electron chi connectivity index (χ3n) is 15.4. The molecule has 17 nitrogen and oxygen atoms in total. The van der Waals surface area contributed by atoms with Gasteiger partial charge in [0.25, 0.3) is 11.8 Å². The number of rotatable bonds is 21. The molecule has 4 heterocycles. The molecule has 0 bridgehead atoms. The lowest BCUT2D eigenvalue weighted by atomic mass is 9.79. The lowest BCUT2D eigenvalue weighted by molar-refractivity contribution is 0.0523. The second-order valence-electron chi connectivity index (χ2n) is 24.7. The predicted octanol–water partition coefficient (Wildman–Crippen LogP) is 12.7. The van der Waals surface area contributed by atoms with Crippen molar-refractivity contribution in [2.75, 3.05) is 10.6 Å². The average Bonchev–Trinajstić information content (AvgIpc) is 1.85. The fourth-order valence-electron chi connectivity index (χ4n) is 10.3. The number of nitrogens with two attached hydrogens (primary N) is 2. The smallest absolute Gasteiger partial charge is 0.407 e. The molecule has 0 radical (unpaired) electrons. The van der Waals surface area contributed by atoms with Gasteiger partial charge >= 0.3 is 6.09 Å². The normalized spacial score (nSPS) is 14.9. The number of benzene rings is 4. The molecule has 0 aliphatic heterocycles. The highest BCUT2D eigenvalue weighted by Crippen LogP contribution is 2.44. The van der Waals surface area contributed by atoms with Gasteiger partial charge in [0, 0.05) is 37.9 Å². The third kappa shape index (κ3) is 16.6. The van der Waals surface area contributed by atoms with Crippen LogP contribution in [0.1, 0.15) is 159 Å². The van der Waals surface area contributed by atoms with Crippen LogP contribution in [0.15, 0.2) is 146 Å². The molecule has 0 spiro atoms. The molecule has 2 aliphatic rings. The second-order valence-corrected chi connectivity index (χ2v) is 26.6. The number of anilines is 2. The van der Waals surface area contributed by atoms with E-state index in [0.29, 0.717) is 65.2 Å². The van der Waals surface area contributed by atoms with E-state index >= 15 is 4.39 Å². The van der Waals surface area contributed by atoms with Gasteiger partial charge in [-0.25, -0.2) is 31.9 Å². The van der Waals surface area contributed by atoms with E-state index < -0.39 is 62.0 Å². The Kier molecular flexibility index (Phi) is 21.0. The van der Waals surface area contributed by atoms with Gasteiger partial charge in [0.05, 0.1) is 60.9 Å². The largest absolute Gasteiger partial charge is 0.444 e. The minimum Gasteiger partial charge on any atom is -0.444 e. The maximum Gasteiger partial charge on any atom is 0.407 e. The molecule has 2 aliphatic carbocycles. The van der Waals surface area contributed by atoms with Crippen LogP contribution in [0, 0.1) is 37.3 Å². The van der Waals surface area contributed by atoms with Gasteiger partial charge in [0.1, 0.15) is 28.6 Å². The Balaban J connectivity index is 0.000000235. The van der Waals surface area contributed by atoms with Crippen LogP contribution >= 0.6 is 12.4 Å². The summed E-state index contributed by atoms with van der Waals surface area (Å²) in [7, 11) is -1.48. The zero-order valence-corrected chi connectivity index (χ0v) is 52.7. The van der Waals surface area contributed by atoms with Crippen LogP contribution in [0.2, 0.25) is 0 Å². The Morgan fingerprint density at radius 1 is 0.625 bits per heavy atom. The van der Waals surface area contributed by atoms with Crippen LogP contribution in [0.4, 0.5) is 25.0 Å². The molecular weight excluding hydrogens is 1160 g/mol. The average molecular weight is 1240 g/mol. The number of halogens is 3. The topological polar surface area (TPSA) is 239 Å². The van der Waals surface area contributed by atoms with E-state index in [1.165, 1.54) is 29.7 Å². The number of hydrogen-bond acceptors (Lipinski definition) is 11. The van der Waals surface area contributed by atoms with Gasteiger partial charge in [0.2, 0.25) is 0 Å². The molecule has 4 aromatic heterocycles. The molecule has 2 saturated carbocycles. The molecular formula is C67H79ClF2N12O5S. The van der Waals surface area contributed by atoms with E-state index in [4.69, 9.17) is 16.2 Å². The van der Waals surface area contributed by atoms with Crippen molar-refractivity contribution in [3.63, 3.8) is 0 Å². The second kappa shape index (κ2) is 28.0. The number of pyridine rings is 2. The van der Waals surface area contributed by atoms with Crippen LogP contribution in [0.5, 0.6) is 0 Å². The zero-order chi connectivity index (χ0) is 62.3. The Morgan fingerprint density at radius 3 is 1.60 bits per heavy atom. The maximum absolute atomic E-state index is 15.6. The lowest BCUT2D eigenvalue weighted by Crippen LogP contribution is -2.49. The van der Waals surface area contributed by atoms with Gasteiger partial charge < -0.3 is 32.2 Å². The van der Waals surface area contributed by atoms with E-state index in [2.05, 4.69) is 40.8 Å². The molecule has 0 saturated heterocycles. The summed E-state index contributed by atoms with van der Waals surface area (Å²) < 4.78 is 55.5. The fraction of sp³-hybridized carbons (Fsp3) is 0.358. The molecule has 21 heteroatoms. The Morgan fingerprint density at radius 2 is 1.10 bits per heavy atom. The van der Waals surface area contributed by atoms with Crippen molar-refractivity contribution in [3.05, 3.63) is 214 Å². The van der Waals surface area contributed by atoms with Crippen LogP contribution in [0.3, 0.4) is 0 Å². The van der Waals surface area contributed by atoms with Crippen molar-refractivity contribution in [1.29, 1.82) is 0 Å². The summed E-state index contributed by atoms with van der Waals surface area (Å²) in [5.41, 5.74) is 18.3. The first-order valence-electron chi connectivity index (χ1n) is 29.4. The maximum atomic E-state index is 15.6. The van der Waals surface area contributed by atoms with Crippen molar-refractivity contribution >= 4 is 52.7 Å². The summed E-state index contributed by atoms with van der Waals surface area (Å²) in [6.07, 6.45) is 14.2. The predicted molar refractivity (Wildman–Crippen MR) is 343 cm³/mol. The highest BCUT2D eigenvalue weighted by Gasteiger charge is 2.41. The summed E-state index contributed by atoms with van der Waals surface area (Å²) in [5, 5.41) is 17.3. The monoisotopic (exact) mass is 1240 g/mol. The van der Waals surface area contributed by atoms with Gasteiger partial charge in [-0.05, 0) is 211 Å². The molecule has 464 valence electrons. The van der Waals surface area contributed by atoms with Crippen LogP contribution in [0.25, 0.3) is 11.4 Å². The van der Waals surface area contributed by atoms with Crippen LogP contribution < -0.4 is 32.1 Å². The summed E-state index contributed by atoms with van der Waals surface area (Å²) in [4.78, 5) is 47.8. The first-order chi connectivity index (χ1) is 41.4. The first-order valence-corrected chi connectivity index (χ1v) is 30.6. The van der Waals surface area contributed by atoms with Gasteiger partial charge in [0.15, 0.2) is 0 Å². The van der Waals surface area contributed by atoms with Crippen molar-refractivity contribution in [2.45, 2.75) is 141 Å². The summed E-state index contributed by atoms with van der Waals surface area (Å²) >= 11 is 0. The van der Waals surface area contributed by atoms with Gasteiger partial charge in [-0.15, -0.1) is 12.4 Å². The quantitative estimate of drug-likeness (QED) is 0.0395. The number of hydrogen-bond donors (Lipinski definition) is 6. The van der Waals surface area contributed by atoms with E-state index in [1.807, 2.05) is 81.4 Å². The molecule has 10 rings (SSSR count). The number of aromatic nitrogens is 6. The number of nitrogens with one attached hydrogen (secondary N) is 4. The number of amides is 3. The highest BCUT2D eigenvalue weighted by atomic mass is 35.5. The molecule has 3 amide bonds. The highest BCUT2D eigenvalue weighted by molar-refractivity contribution is 7.84. The van der Waals surface area contributed by atoms with Gasteiger partial charge in [-0.1, -0.05) is 62.1 Å². The number of ether oxygens (including phenoxy) is 1. The van der Waals surface area contributed by atoms with Crippen LogP contribution in [-0.4, -0.2) is 62.0 Å². The number of carbonyl (C=O) groups excluding carboxylic acids is 3. The standard InChI is InChI=1S/C38H47FN6O4S.C29H31FN6O.ClH/c1-25-21-33(45(43-25)30-10-8-9-27(22-30)24-41-35(47)49-36(2,3)4)34(46)42-32-23-29(13-14-31(32)39)38(18-15-26-11-12-26,28-16-19-40-20-17-28)44-50(48)37(5,6)7;1-19-15-27(36(35-19)24-4-2-3-21(16-24)18-31)28(37)34-26-17-23(7-8-25(26)30)29(32,12-9-20-5-6-20)22-10-13-33-14-11-22;/h8-10,13-14,16-17,19-23,26,44H,11-12,15,18,24H2,1-7H3,(H,41,47)(H,42,46);2-4,7-8,10-11,13-17,20H,5-6,9,12,18,31-32H2,1H3,(H,34,37);1H/t38?,50-;;/m1../s1. The minimum atomic E-state index is -1.48. The van der Waals surface area contributed by atoms with Gasteiger partial charge in [-0.3, -0.25) is 19.6 Å². The lowest BCUT2D eigenvalue weighted by Gasteiger charge is -2.38. The molecule has 8 N–H and O–H groups in total. The summed E-state index contributed by atoms with van der Waals surface area (Å²) in [5.74, 6) is -0.911. The molecule has 8 aromatic rings. The fourth-order valence-corrected chi connectivity index (χ4v) is 11.3. The summed E-state index contributed by atoms with van der Waals surface area (Å²) in [6.45, 7) is 15.2. The molecule has 2 fully saturated rings. The van der Waals surface area contributed by atoms with E-state index in [9.17, 15) is 23.0 Å². The van der Waals surface area contributed by atoms with E-state index in [0.717, 1.165) is 53.5 Å². The Labute approximate surface area is 522 Å². The van der Waals surface area contributed by atoms with E-state index in [-0.39, 0.29) is 36.0 Å². The number of alkyl carbamates (subject to hydrolysis) is 1. The van der Waals surface area contributed by atoms with Crippen molar-refractivity contribution in [2.24, 2.45) is 23.3 Å². The molecule has 88 heavy (non-hydrogen) atoms. The molecule has 4 aromatic carbocycles. The Hall–Kier alpha value is -8.01. The number of aryl methyl sites for hydroxylation is 2. The van der Waals surface area contributed by atoms with Crippen molar-refractivity contribution in [3.8, 4) is 11.4 Å². The summed E-state index contributed by atoms with van der Waals surface area (Å²) in [6, 6.07) is 35.0. The van der Waals surface area contributed by atoms with Crippen molar-refractivity contribution < 1.29 is 32.1 Å². The SMILES string of the molecule is Cc1cc(C(=O)Nc2cc(C(CCC3CC3)(N[S@](=O)C(C)(C)C)c3ccncc3)ccc2F)n(-c2cccc(CNC(=O)OC(C)(C)C)c2)n1.Cc1cc(C(=O)Nc2cc(C(N)(CCC3CC3)c3ccncc3)ccc2F)n(-c2cccc(CN)c2)n1.Cl. The number of nitrogens with zero attached hydrogens (tertiary/aromatic N) is 6. The van der Waals surface area contributed by atoms with Crippen LogP contribution in [-0.2, 0) is 39.9 Å². The Bertz CT molecular complexity index is 3770. The number of carbonyl (C=O) groups is 3. The van der Waals surface area contributed by atoms with Gasteiger partial charge in [-0.2, -0.15) is 10.2 Å². The first kappa shape index (κ1) is 66.0. The van der Waals surface area contributed by atoms with Crippen molar-refractivity contribution in [1.82, 2.24) is 39.6 Å². The zero-order valence-electron chi connectivity index (χ0n) is 51.0. The molecule has 3 atom stereocenters. The third-order valence-corrected chi connectivity index (χ3v) is 17.1.